The summed E-state index contributed by atoms with van der Waals surface area (Å²) in [6.45, 7) is 0.277. The number of anilines is 1. The molecular formula is C30H34N2O6S. The monoisotopic (exact) mass is 550 g/mol. The number of aliphatic hydroxyl groups excluding tert-OH is 1. The zero-order valence-electron chi connectivity index (χ0n) is 22.2. The first kappa shape index (κ1) is 28.2. The predicted molar refractivity (Wildman–Crippen MR) is 154 cm³/mol. The number of fused-ring (bicyclic) bond motifs is 1. The van der Waals surface area contributed by atoms with Gasteiger partial charge >= 0.3 is 0 Å². The number of aliphatic hydroxyl groups is 1. The summed E-state index contributed by atoms with van der Waals surface area (Å²) in [5.41, 5.74) is 2.92. The maximum atomic E-state index is 11.6. The minimum absolute atomic E-state index is 0.0781. The zero-order valence-corrected chi connectivity index (χ0v) is 23.0. The molecule has 39 heavy (non-hydrogen) atoms. The molecule has 0 spiro atoms. The average Bonchev–Trinajstić information content (AvgIpc) is 2.91. The van der Waals surface area contributed by atoms with Gasteiger partial charge in [0.2, 0.25) is 10.0 Å². The maximum absolute atomic E-state index is 11.6. The summed E-state index contributed by atoms with van der Waals surface area (Å²) in [4.78, 5) is 0. The van der Waals surface area contributed by atoms with Crippen LogP contribution in [0.25, 0.3) is 10.8 Å². The van der Waals surface area contributed by atoms with Crippen LogP contribution in [0.5, 0.6) is 17.2 Å². The van der Waals surface area contributed by atoms with Crippen LogP contribution in [0.3, 0.4) is 0 Å². The van der Waals surface area contributed by atoms with Crippen LogP contribution in [-0.4, -0.2) is 51.8 Å². The Kier molecular flexibility index (Phi) is 8.96. The molecule has 0 saturated carbocycles. The van der Waals surface area contributed by atoms with E-state index in [1.165, 1.54) is 23.1 Å². The summed E-state index contributed by atoms with van der Waals surface area (Å²) in [5, 5.41) is 26.8. The van der Waals surface area contributed by atoms with E-state index in [4.69, 9.17) is 9.47 Å². The molecular weight excluding hydrogens is 516 g/mol. The molecule has 0 aliphatic heterocycles. The molecule has 206 valence electrons. The van der Waals surface area contributed by atoms with Crippen LogP contribution in [0.4, 0.5) is 5.69 Å². The van der Waals surface area contributed by atoms with Crippen LogP contribution in [0, 0.1) is 0 Å². The standard InChI is InChI=1S/C30H34N2O6S/c1-37-29-14-12-23(18-30(29)38-2)26(17-22-9-6-8-21-7-4-5-10-25(21)22)31-19-24(33)15-20-11-13-28(34)27(16-20)32-39(3,35)36/h4-14,16,18,24,26,31-34H,15,17,19H2,1-3H3/t24-,26+/m0/s1. The highest BCUT2D eigenvalue weighted by atomic mass is 32.2. The normalized spacial score (nSPS) is 13.1. The minimum atomic E-state index is -3.56. The molecule has 0 aliphatic rings. The molecule has 0 heterocycles. The summed E-state index contributed by atoms with van der Waals surface area (Å²) in [7, 11) is -0.360. The van der Waals surface area contributed by atoms with E-state index in [2.05, 4.69) is 34.3 Å². The van der Waals surface area contributed by atoms with Crippen LogP contribution >= 0.6 is 0 Å². The van der Waals surface area contributed by atoms with E-state index in [9.17, 15) is 18.6 Å². The molecule has 0 fully saturated rings. The van der Waals surface area contributed by atoms with Crippen LogP contribution in [-0.2, 0) is 22.9 Å². The van der Waals surface area contributed by atoms with Gasteiger partial charge in [0.15, 0.2) is 11.5 Å². The fourth-order valence-corrected chi connectivity index (χ4v) is 5.24. The number of sulfonamides is 1. The van der Waals surface area contributed by atoms with Gasteiger partial charge in [-0.2, -0.15) is 0 Å². The molecule has 4 N–H and O–H groups in total. The maximum Gasteiger partial charge on any atom is 0.229 e. The zero-order chi connectivity index (χ0) is 28.0. The average molecular weight is 551 g/mol. The van der Waals surface area contributed by atoms with E-state index in [1.54, 1.807) is 20.3 Å². The third-order valence-corrected chi connectivity index (χ3v) is 7.13. The molecule has 0 radical (unpaired) electrons. The van der Waals surface area contributed by atoms with Crippen molar-refractivity contribution in [2.75, 3.05) is 31.7 Å². The molecule has 4 rings (SSSR count). The lowest BCUT2D eigenvalue weighted by atomic mass is 9.94. The summed E-state index contributed by atoms with van der Waals surface area (Å²) in [6.07, 6.45) is 1.18. The molecule has 8 nitrogen and oxygen atoms in total. The van der Waals surface area contributed by atoms with Gasteiger partial charge in [-0.25, -0.2) is 8.42 Å². The van der Waals surface area contributed by atoms with Gasteiger partial charge < -0.3 is 25.0 Å². The van der Waals surface area contributed by atoms with Crippen LogP contribution in [0.2, 0.25) is 0 Å². The number of nitrogens with one attached hydrogen (secondary N) is 2. The SMILES string of the molecule is COc1ccc([C@@H](Cc2cccc3ccccc23)NC[C@@H](O)Cc2ccc(O)c(NS(C)(=O)=O)c2)cc1OC. The van der Waals surface area contributed by atoms with Crippen LogP contribution < -0.4 is 19.5 Å². The Hall–Kier alpha value is -3.79. The van der Waals surface area contributed by atoms with E-state index in [1.807, 2.05) is 36.4 Å². The molecule has 2 atom stereocenters. The van der Waals surface area contributed by atoms with Gasteiger partial charge in [0.05, 0.1) is 32.3 Å². The van der Waals surface area contributed by atoms with E-state index in [0.29, 0.717) is 23.5 Å². The van der Waals surface area contributed by atoms with Gasteiger partial charge in [-0.15, -0.1) is 0 Å². The van der Waals surface area contributed by atoms with Crippen molar-refractivity contribution in [3.63, 3.8) is 0 Å². The number of aromatic hydroxyl groups is 1. The molecule has 0 amide bonds. The largest absolute Gasteiger partial charge is 0.506 e. The van der Waals surface area contributed by atoms with Gasteiger partial charge in [-0.3, -0.25) is 4.72 Å². The first-order valence-electron chi connectivity index (χ1n) is 12.6. The molecule has 4 aromatic carbocycles. The van der Waals surface area contributed by atoms with Crippen LogP contribution in [0.1, 0.15) is 22.7 Å². The fourth-order valence-electron chi connectivity index (χ4n) is 4.68. The van der Waals surface area contributed by atoms with Crippen LogP contribution in [0.15, 0.2) is 78.9 Å². The Morgan fingerprint density at radius 2 is 1.62 bits per heavy atom. The number of ether oxygens (including phenoxy) is 2. The quantitative estimate of drug-likeness (QED) is 0.193. The summed E-state index contributed by atoms with van der Waals surface area (Å²) < 4.78 is 36.5. The fraction of sp³-hybridized carbons (Fsp3) is 0.267. The van der Waals surface area contributed by atoms with E-state index < -0.39 is 16.1 Å². The van der Waals surface area contributed by atoms with E-state index in [-0.39, 0.29) is 30.4 Å². The van der Waals surface area contributed by atoms with Gasteiger partial charge in [-0.1, -0.05) is 54.6 Å². The van der Waals surface area contributed by atoms with Crippen molar-refractivity contribution < 1.29 is 28.1 Å². The summed E-state index contributed by atoms with van der Waals surface area (Å²) in [6, 6.07) is 24.7. The second kappa shape index (κ2) is 12.4. The Bertz CT molecular complexity index is 1530. The van der Waals surface area contributed by atoms with E-state index >= 15 is 0 Å². The Labute approximate surface area is 229 Å². The van der Waals surface area contributed by atoms with E-state index in [0.717, 1.165) is 17.2 Å². The Morgan fingerprint density at radius 1 is 0.872 bits per heavy atom. The number of rotatable bonds is 12. The molecule has 0 aliphatic carbocycles. The highest BCUT2D eigenvalue weighted by Crippen LogP contribution is 2.32. The summed E-state index contributed by atoms with van der Waals surface area (Å²) >= 11 is 0. The Morgan fingerprint density at radius 3 is 2.36 bits per heavy atom. The topological polar surface area (TPSA) is 117 Å². The lowest BCUT2D eigenvalue weighted by Gasteiger charge is -2.23. The second-order valence-electron chi connectivity index (χ2n) is 9.50. The number of hydrogen-bond acceptors (Lipinski definition) is 7. The molecule has 9 heteroatoms. The van der Waals surface area contributed by atoms with Gasteiger partial charge in [0, 0.05) is 12.6 Å². The van der Waals surface area contributed by atoms with Crippen molar-refractivity contribution >= 4 is 26.5 Å². The highest BCUT2D eigenvalue weighted by molar-refractivity contribution is 7.92. The van der Waals surface area contributed by atoms with Crippen molar-refractivity contribution in [1.82, 2.24) is 5.32 Å². The lowest BCUT2D eigenvalue weighted by molar-refractivity contribution is 0.167. The van der Waals surface area contributed by atoms with Crippen molar-refractivity contribution in [3.8, 4) is 17.2 Å². The van der Waals surface area contributed by atoms with Gasteiger partial charge in [-0.05, 0) is 64.6 Å². The molecule has 0 bridgehead atoms. The predicted octanol–water partition coefficient (Wildman–Crippen LogP) is 4.41. The first-order chi connectivity index (χ1) is 18.7. The number of methoxy groups -OCH3 is 2. The minimum Gasteiger partial charge on any atom is -0.506 e. The summed E-state index contributed by atoms with van der Waals surface area (Å²) in [5.74, 6) is 1.08. The molecule has 0 unspecified atom stereocenters. The molecule has 0 saturated heterocycles. The number of benzene rings is 4. The van der Waals surface area contributed by atoms with Gasteiger partial charge in [0.25, 0.3) is 0 Å². The number of phenolic OH excluding ortho intramolecular Hbond substituents is 1. The smallest absolute Gasteiger partial charge is 0.229 e. The highest BCUT2D eigenvalue weighted by Gasteiger charge is 2.18. The molecule has 4 aromatic rings. The van der Waals surface area contributed by atoms with Gasteiger partial charge in [0.1, 0.15) is 5.75 Å². The van der Waals surface area contributed by atoms with Crippen molar-refractivity contribution in [1.29, 1.82) is 0 Å². The van der Waals surface area contributed by atoms with Crippen molar-refractivity contribution in [3.05, 3.63) is 95.6 Å². The van der Waals surface area contributed by atoms with Crippen molar-refractivity contribution in [2.24, 2.45) is 0 Å². The first-order valence-corrected chi connectivity index (χ1v) is 14.5. The third-order valence-electron chi connectivity index (χ3n) is 6.54. The third kappa shape index (κ3) is 7.41. The lowest BCUT2D eigenvalue weighted by Crippen LogP contribution is -2.32. The van der Waals surface area contributed by atoms with Crippen molar-refractivity contribution in [2.45, 2.75) is 25.0 Å². The number of hydrogen-bond donors (Lipinski definition) is 4. The Balaban J connectivity index is 1.56. The molecule has 0 aromatic heterocycles. The number of phenols is 1. The second-order valence-corrected chi connectivity index (χ2v) is 11.2.